The van der Waals surface area contributed by atoms with E-state index in [2.05, 4.69) is 0 Å². The van der Waals surface area contributed by atoms with Crippen molar-refractivity contribution >= 4 is 11.9 Å². The Morgan fingerprint density at radius 2 is 0.923 bits per heavy atom. The maximum Gasteiger partial charge on any atom is 0.330 e. The van der Waals surface area contributed by atoms with Crippen molar-refractivity contribution in [1.82, 2.24) is 0 Å². The van der Waals surface area contributed by atoms with Gasteiger partial charge in [0.15, 0.2) is 0 Å². The molecular weight excluding hydrogens is 328 g/mol. The minimum Gasteiger partial charge on any atom is -0.460 e. The van der Waals surface area contributed by atoms with Crippen LogP contribution in [-0.4, -0.2) is 24.1 Å². The molecule has 150 valence electrons. The normalized spacial score (nSPS) is 11.8. The molecular formula is C22H38O4. The van der Waals surface area contributed by atoms with Gasteiger partial charge in [-0.15, -0.1) is 0 Å². The van der Waals surface area contributed by atoms with Crippen molar-refractivity contribution in [1.29, 1.82) is 0 Å². The molecule has 4 nitrogen and oxygen atoms in total. The highest BCUT2D eigenvalue weighted by molar-refractivity contribution is 5.82. The third-order valence-electron chi connectivity index (χ3n) is 3.70. The number of carbonyl (C=O) groups excluding carboxylic acids is 2. The number of ether oxygens (including phenoxy) is 2. The lowest BCUT2D eigenvalue weighted by Gasteiger charge is -2.04. The monoisotopic (exact) mass is 366 g/mol. The predicted octanol–water partition coefficient (Wildman–Crippen LogP) is 5.90. The minimum atomic E-state index is -0.244. The fourth-order valence-electron chi connectivity index (χ4n) is 2.49. The third kappa shape index (κ3) is 18.8. The van der Waals surface area contributed by atoms with Gasteiger partial charge in [-0.05, 0) is 53.4 Å². The van der Waals surface area contributed by atoms with Crippen LogP contribution in [0.3, 0.4) is 0 Å². The Morgan fingerprint density at radius 3 is 1.23 bits per heavy atom. The molecule has 0 amide bonds. The highest BCUT2D eigenvalue weighted by Gasteiger charge is 2.00. The number of hydrogen-bond acceptors (Lipinski definition) is 4. The fourth-order valence-corrected chi connectivity index (χ4v) is 2.49. The van der Waals surface area contributed by atoms with Crippen molar-refractivity contribution in [2.24, 2.45) is 0 Å². The second kappa shape index (κ2) is 16.9. The van der Waals surface area contributed by atoms with Crippen molar-refractivity contribution in [2.45, 2.75) is 104 Å². The van der Waals surface area contributed by atoms with Gasteiger partial charge in [0.05, 0.1) is 12.2 Å². The molecule has 0 atom stereocenters. The van der Waals surface area contributed by atoms with Gasteiger partial charge in [-0.2, -0.15) is 0 Å². The Hall–Kier alpha value is -1.58. The largest absolute Gasteiger partial charge is 0.460 e. The van der Waals surface area contributed by atoms with Crippen LogP contribution in [0, 0.1) is 0 Å². The van der Waals surface area contributed by atoms with Gasteiger partial charge in [0.1, 0.15) is 0 Å². The highest BCUT2D eigenvalue weighted by Crippen LogP contribution is 2.11. The molecule has 26 heavy (non-hydrogen) atoms. The first kappa shape index (κ1) is 24.4. The average molecular weight is 367 g/mol. The molecule has 0 aliphatic carbocycles. The molecule has 0 aliphatic rings. The summed E-state index contributed by atoms with van der Waals surface area (Å²) in [4.78, 5) is 22.6. The van der Waals surface area contributed by atoms with Gasteiger partial charge >= 0.3 is 11.9 Å². The van der Waals surface area contributed by atoms with E-state index in [9.17, 15) is 9.59 Å². The number of rotatable bonds is 15. The van der Waals surface area contributed by atoms with Gasteiger partial charge in [0.25, 0.3) is 0 Å². The lowest BCUT2D eigenvalue weighted by atomic mass is 10.1. The lowest BCUT2D eigenvalue weighted by Crippen LogP contribution is -2.08. The zero-order valence-corrected chi connectivity index (χ0v) is 17.2. The van der Waals surface area contributed by atoms with Crippen LogP contribution < -0.4 is 0 Å². The van der Waals surface area contributed by atoms with Gasteiger partial charge < -0.3 is 9.47 Å². The predicted molar refractivity (Wildman–Crippen MR) is 107 cm³/mol. The van der Waals surface area contributed by atoms with Crippen molar-refractivity contribution in [3.05, 3.63) is 24.3 Å². The van der Waals surface area contributed by atoms with Crippen LogP contribution in [0.1, 0.15) is 91.9 Å². The molecule has 0 aliphatic heterocycles. The second-order valence-corrected chi connectivity index (χ2v) is 7.18. The number of allylic oxidation sites excluding steroid dienone is 2. The summed E-state index contributed by atoms with van der Waals surface area (Å²) in [5.41, 5.74) is 0. The van der Waals surface area contributed by atoms with Crippen LogP contribution in [0.4, 0.5) is 0 Å². The first-order chi connectivity index (χ1) is 12.4. The van der Waals surface area contributed by atoms with E-state index >= 15 is 0 Å². The Kier molecular flexibility index (Phi) is 15.8. The molecule has 0 aromatic heterocycles. The van der Waals surface area contributed by atoms with Crippen LogP contribution >= 0.6 is 0 Å². The van der Waals surface area contributed by atoms with E-state index < -0.39 is 0 Å². The van der Waals surface area contributed by atoms with Crippen molar-refractivity contribution < 1.29 is 19.1 Å². The van der Waals surface area contributed by atoms with Crippen LogP contribution in [-0.2, 0) is 19.1 Å². The number of hydrogen-bond donors (Lipinski definition) is 0. The summed E-state index contributed by atoms with van der Waals surface area (Å²) in [6, 6.07) is 0. The van der Waals surface area contributed by atoms with Gasteiger partial charge in [0.2, 0.25) is 0 Å². The molecule has 0 rings (SSSR count). The molecule has 0 unspecified atom stereocenters. The summed E-state index contributed by atoms with van der Waals surface area (Å²) in [5, 5.41) is 0. The van der Waals surface area contributed by atoms with Crippen molar-refractivity contribution in [3.8, 4) is 0 Å². The van der Waals surface area contributed by atoms with E-state index in [-0.39, 0.29) is 24.1 Å². The number of carbonyl (C=O) groups is 2. The standard InChI is InChI=1S/C22H38O4/c1-19(2)25-21(23)17-15-13-11-9-7-5-6-8-10-12-14-16-18-22(24)26-20(3)4/h15-20H,5-14H2,1-4H3/b17-15+,18-16+. The Morgan fingerprint density at radius 1 is 0.615 bits per heavy atom. The Labute approximate surface area is 160 Å². The van der Waals surface area contributed by atoms with Crippen LogP contribution in [0.25, 0.3) is 0 Å². The molecule has 0 fully saturated rings. The topological polar surface area (TPSA) is 52.6 Å². The maximum atomic E-state index is 11.3. The van der Waals surface area contributed by atoms with Crippen LogP contribution in [0.2, 0.25) is 0 Å². The average Bonchev–Trinajstić information content (AvgIpc) is 2.53. The van der Waals surface area contributed by atoms with E-state index in [1.54, 1.807) is 0 Å². The molecule has 0 aromatic rings. The molecule has 0 N–H and O–H groups in total. The third-order valence-corrected chi connectivity index (χ3v) is 3.70. The molecule has 0 spiro atoms. The minimum absolute atomic E-state index is 0.0513. The van der Waals surface area contributed by atoms with Crippen LogP contribution in [0.15, 0.2) is 24.3 Å². The molecule has 0 aromatic carbocycles. The van der Waals surface area contributed by atoms with Gasteiger partial charge in [-0.1, -0.05) is 50.7 Å². The summed E-state index contributed by atoms with van der Waals surface area (Å²) in [5.74, 6) is -0.488. The first-order valence-electron chi connectivity index (χ1n) is 10.2. The van der Waals surface area contributed by atoms with Gasteiger partial charge in [0, 0.05) is 12.2 Å². The number of unbranched alkanes of at least 4 members (excludes halogenated alkanes) is 9. The second-order valence-electron chi connectivity index (χ2n) is 7.18. The zero-order valence-electron chi connectivity index (χ0n) is 17.2. The molecule has 0 bridgehead atoms. The summed E-state index contributed by atoms with van der Waals surface area (Å²) in [6.45, 7) is 7.41. The molecule has 0 heterocycles. The van der Waals surface area contributed by atoms with E-state index in [4.69, 9.17) is 9.47 Å². The molecule has 4 heteroatoms. The maximum absolute atomic E-state index is 11.3. The SMILES string of the molecule is CC(C)OC(=O)/C=C/CCCCCCCCCC/C=C/C(=O)OC(C)C. The Balaban J connectivity index is 3.34. The lowest BCUT2D eigenvalue weighted by molar-refractivity contribution is -0.142. The fraction of sp³-hybridized carbons (Fsp3) is 0.727. The van der Waals surface area contributed by atoms with E-state index in [1.165, 1.54) is 50.7 Å². The van der Waals surface area contributed by atoms with Crippen molar-refractivity contribution in [3.63, 3.8) is 0 Å². The highest BCUT2D eigenvalue weighted by atomic mass is 16.5. The summed E-state index contributed by atoms with van der Waals surface area (Å²) in [6.07, 6.45) is 18.4. The summed E-state index contributed by atoms with van der Waals surface area (Å²) in [7, 11) is 0. The first-order valence-corrected chi connectivity index (χ1v) is 10.2. The molecule has 0 radical (unpaired) electrons. The van der Waals surface area contributed by atoms with E-state index in [0.29, 0.717) is 0 Å². The Bertz CT molecular complexity index is 382. The van der Waals surface area contributed by atoms with Crippen LogP contribution in [0.5, 0.6) is 0 Å². The summed E-state index contributed by atoms with van der Waals surface area (Å²) >= 11 is 0. The van der Waals surface area contributed by atoms with Gasteiger partial charge in [-0.25, -0.2) is 9.59 Å². The smallest absolute Gasteiger partial charge is 0.330 e. The molecule has 0 saturated heterocycles. The van der Waals surface area contributed by atoms with E-state index in [0.717, 1.165) is 25.7 Å². The quantitative estimate of drug-likeness (QED) is 0.206. The molecule has 0 saturated carbocycles. The van der Waals surface area contributed by atoms with Gasteiger partial charge in [-0.3, -0.25) is 0 Å². The van der Waals surface area contributed by atoms with E-state index in [1.807, 2.05) is 39.8 Å². The van der Waals surface area contributed by atoms with Crippen molar-refractivity contribution in [2.75, 3.05) is 0 Å². The number of esters is 2. The zero-order chi connectivity index (χ0) is 19.6. The summed E-state index contributed by atoms with van der Waals surface area (Å²) < 4.78 is 10.1.